The molecule has 1 atom stereocenters. The van der Waals surface area contributed by atoms with E-state index in [1.54, 1.807) is 42.5 Å². The van der Waals surface area contributed by atoms with E-state index in [0.29, 0.717) is 34.5 Å². The molecule has 3 aromatic rings. The third kappa shape index (κ3) is 4.36. The van der Waals surface area contributed by atoms with Gasteiger partial charge in [-0.15, -0.1) is 0 Å². The number of rotatable bonds is 7. The standard InChI is InChI=1S/C25H22ClNO6/c1-3-4-10-27-22(15-6-5-7-18(12-15)32-14(2)28)21(24(30)25(27)31)23(29)20-13-16-11-17(26)8-9-19(16)33-20/h5-9,11-13,22,30H,3-4,10H2,1-2H3. The lowest BCUT2D eigenvalue weighted by molar-refractivity contribution is -0.132. The molecular formula is C25H22ClNO6. The summed E-state index contributed by atoms with van der Waals surface area (Å²) in [6.45, 7) is 3.61. The molecule has 1 aromatic heterocycles. The first-order chi connectivity index (χ1) is 15.8. The van der Waals surface area contributed by atoms with Crippen LogP contribution in [0.3, 0.4) is 0 Å². The van der Waals surface area contributed by atoms with E-state index in [9.17, 15) is 19.5 Å². The first-order valence-corrected chi connectivity index (χ1v) is 10.9. The lowest BCUT2D eigenvalue weighted by atomic mass is 9.94. The normalized spacial score (nSPS) is 16.0. The van der Waals surface area contributed by atoms with Crippen molar-refractivity contribution in [3.8, 4) is 5.75 Å². The van der Waals surface area contributed by atoms with E-state index in [2.05, 4.69) is 0 Å². The van der Waals surface area contributed by atoms with Crippen molar-refractivity contribution in [2.45, 2.75) is 32.7 Å². The second kappa shape index (κ2) is 9.11. The predicted molar refractivity (Wildman–Crippen MR) is 122 cm³/mol. The number of halogens is 1. The number of hydrogen-bond donors (Lipinski definition) is 1. The molecule has 0 aliphatic carbocycles. The van der Waals surface area contributed by atoms with Crippen molar-refractivity contribution in [3.63, 3.8) is 0 Å². The number of aliphatic hydroxyl groups is 1. The fourth-order valence-electron chi connectivity index (χ4n) is 3.96. The van der Waals surface area contributed by atoms with Crippen molar-refractivity contribution >= 4 is 40.2 Å². The van der Waals surface area contributed by atoms with Crippen molar-refractivity contribution in [1.29, 1.82) is 0 Å². The molecule has 8 heteroatoms. The van der Waals surface area contributed by atoms with Crippen LogP contribution in [0.25, 0.3) is 11.0 Å². The number of furan rings is 1. The van der Waals surface area contributed by atoms with Crippen LogP contribution in [0.1, 0.15) is 48.8 Å². The Morgan fingerprint density at radius 3 is 2.70 bits per heavy atom. The Labute approximate surface area is 195 Å². The summed E-state index contributed by atoms with van der Waals surface area (Å²) in [5.41, 5.74) is 0.911. The maximum absolute atomic E-state index is 13.5. The van der Waals surface area contributed by atoms with Gasteiger partial charge in [0, 0.05) is 23.9 Å². The van der Waals surface area contributed by atoms with Gasteiger partial charge in [0.25, 0.3) is 5.91 Å². The van der Waals surface area contributed by atoms with Crippen molar-refractivity contribution < 1.29 is 28.6 Å². The van der Waals surface area contributed by atoms with Gasteiger partial charge in [0.15, 0.2) is 11.5 Å². The van der Waals surface area contributed by atoms with Crippen LogP contribution in [-0.4, -0.2) is 34.2 Å². The maximum Gasteiger partial charge on any atom is 0.308 e. The molecule has 1 unspecified atom stereocenters. The summed E-state index contributed by atoms with van der Waals surface area (Å²) in [5, 5.41) is 11.9. The number of benzene rings is 2. The van der Waals surface area contributed by atoms with E-state index in [4.69, 9.17) is 20.8 Å². The zero-order valence-corrected chi connectivity index (χ0v) is 18.9. The summed E-state index contributed by atoms with van der Waals surface area (Å²) < 4.78 is 10.9. The molecule has 2 aromatic carbocycles. The number of hydrogen-bond acceptors (Lipinski definition) is 6. The fraction of sp³-hybridized carbons (Fsp3) is 0.240. The van der Waals surface area contributed by atoms with Crippen LogP contribution < -0.4 is 4.74 Å². The minimum absolute atomic E-state index is 0.0138. The van der Waals surface area contributed by atoms with E-state index < -0.39 is 29.5 Å². The molecule has 1 N–H and O–H groups in total. The van der Waals surface area contributed by atoms with Crippen LogP contribution in [0.15, 0.2) is 64.3 Å². The van der Waals surface area contributed by atoms with Crippen LogP contribution in [0.2, 0.25) is 5.02 Å². The fourth-order valence-corrected chi connectivity index (χ4v) is 4.14. The van der Waals surface area contributed by atoms with Gasteiger partial charge in [0.05, 0.1) is 11.6 Å². The summed E-state index contributed by atoms with van der Waals surface area (Å²) in [4.78, 5) is 39.3. The van der Waals surface area contributed by atoms with Crippen molar-refractivity contribution in [3.05, 3.63) is 76.2 Å². The molecule has 1 amide bonds. The molecule has 2 heterocycles. The molecule has 0 saturated heterocycles. The smallest absolute Gasteiger partial charge is 0.308 e. The summed E-state index contributed by atoms with van der Waals surface area (Å²) in [6.07, 6.45) is 1.50. The van der Waals surface area contributed by atoms with E-state index in [1.165, 1.54) is 17.9 Å². The van der Waals surface area contributed by atoms with Gasteiger partial charge in [0.1, 0.15) is 11.3 Å². The molecule has 0 spiro atoms. The van der Waals surface area contributed by atoms with Gasteiger partial charge in [-0.2, -0.15) is 0 Å². The van der Waals surface area contributed by atoms with E-state index >= 15 is 0 Å². The van der Waals surface area contributed by atoms with E-state index in [0.717, 1.165) is 6.42 Å². The Bertz CT molecular complexity index is 1290. The average Bonchev–Trinajstić information content (AvgIpc) is 3.30. The van der Waals surface area contributed by atoms with Crippen molar-refractivity contribution in [2.24, 2.45) is 0 Å². The highest BCUT2D eigenvalue weighted by molar-refractivity contribution is 6.31. The number of aliphatic hydroxyl groups excluding tert-OH is 1. The summed E-state index contributed by atoms with van der Waals surface area (Å²) in [7, 11) is 0. The van der Waals surface area contributed by atoms with E-state index in [-0.39, 0.29) is 17.1 Å². The lowest BCUT2D eigenvalue weighted by Gasteiger charge is -2.26. The monoisotopic (exact) mass is 467 g/mol. The molecule has 0 saturated carbocycles. The number of Topliss-reactive ketones (excluding diaryl/α,β-unsaturated/α-hetero) is 1. The first-order valence-electron chi connectivity index (χ1n) is 10.6. The van der Waals surface area contributed by atoms with Gasteiger partial charge in [0.2, 0.25) is 5.78 Å². The molecule has 170 valence electrons. The highest BCUT2D eigenvalue weighted by Crippen LogP contribution is 2.40. The minimum atomic E-state index is -0.858. The number of amides is 1. The molecule has 33 heavy (non-hydrogen) atoms. The number of ether oxygens (including phenoxy) is 1. The molecule has 0 bridgehead atoms. The molecule has 0 fully saturated rings. The molecule has 4 rings (SSSR count). The number of nitrogens with zero attached hydrogens (tertiary/aromatic N) is 1. The van der Waals surface area contributed by atoms with Crippen LogP contribution >= 0.6 is 11.6 Å². The Morgan fingerprint density at radius 1 is 1.18 bits per heavy atom. The highest BCUT2D eigenvalue weighted by Gasteiger charge is 2.44. The summed E-state index contributed by atoms with van der Waals surface area (Å²) in [6, 6.07) is 12.2. The summed E-state index contributed by atoms with van der Waals surface area (Å²) >= 11 is 6.04. The Hall–Kier alpha value is -3.58. The van der Waals surface area contributed by atoms with Crippen LogP contribution in [0, 0.1) is 0 Å². The molecule has 1 aliphatic heterocycles. The number of unbranched alkanes of at least 4 members (excludes halogenated alkanes) is 1. The summed E-state index contributed by atoms with van der Waals surface area (Å²) in [5.74, 6) is -2.07. The minimum Gasteiger partial charge on any atom is -0.503 e. The molecular weight excluding hydrogens is 446 g/mol. The number of esters is 1. The Balaban J connectivity index is 1.80. The first kappa shape index (κ1) is 22.6. The lowest BCUT2D eigenvalue weighted by Crippen LogP contribution is -2.32. The number of carbonyl (C=O) groups is 3. The van der Waals surface area contributed by atoms with Gasteiger partial charge in [-0.25, -0.2) is 0 Å². The Kier molecular flexibility index (Phi) is 6.24. The number of carbonyl (C=O) groups excluding carboxylic acids is 3. The van der Waals surface area contributed by atoms with Crippen molar-refractivity contribution in [2.75, 3.05) is 6.54 Å². The van der Waals surface area contributed by atoms with Crippen molar-refractivity contribution in [1.82, 2.24) is 4.90 Å². The van der Waals surface area contributed by atoms with Gasteiger partial charge in [-0.05, 0) is 48.4 Å². The second-order valence-corrected chi connectivity index (χ2v) is 8.24. The van der Waals surface area contributed by atoms with Crippen LogP contribution in [-0.2, 0) is 9.59 Å². The topological polar surface area (TPSA) is 97.1 Å². The zero-order valence-electron chi connectivity index (χ0n) is 18.1. The SMILES string of the molecule is CCCCN1C(=O)C(O)=C(C(=O)c2cc3cc(Cl)ccc3o2)C1c1cccc(OC(C)=O)c1. The van der Waals surface area contributed by atoms with Gasteiger partial charge < -0.3 is 19.2 Å². The largest absolute Gasteiger partial charge is 0.503 e. The van der Waals surface area contributed by atoms with Crippen LogP contribution in [0.5, 0.6) is 5.75 Å². The zero-order chi connectivity index (χ0) is 23.7. The van der Waals surface area contributed by atoms with Gasteiger partial charge in [-0.1, -0.05) is 37.1 Å². The average molecular weight is 468 g/mol. The molecule has 7 nitrogen and oxygen atoms in total. The maximum atomic E-state index is 13.5. The third-order valence-corrected chi connectivity index (χ3v) is 5.67. The third-order valence-electron chi connectivity index (χ3n) is 5.44. The molecule has 0 radical (unpaired) electrons. The van der Waals surface area contributed by atoms with Gasteiger partial charge in [-0.3, -0.25) is 14.4 Å². The molecule has 1 aliphatic rings. The van der Waals surface area contributed by atoms with E-state index in [1.807, 2.05) is 6.92 Å². The predicted octanol–water partition coefficient (Wildman–Crippen LogP) is 5.39. The van der Waals surface area contributed by atoms with Crippen LogP contribution in [0.4, 0.5) is 0 Å². The quantitative estimate of drug-likeness (QED) is 0.284. The number of fused-ring (bicyclic) bond motifs is 1. The Morgan fingerprint density at radius 2 is 1.97 bits per heavy atom. The van der Waals surface area contributed by atoms with Gasteiger partial charge >= 0.3 is 5.97 Å². The number of ketones is 1. The second-order valence-electron chi connectivity index (χ2n) is 7.80. The highest BCUT2D eigenvalue weighted by atomic mass is 35.5.